The van der Waals surface area contributed by atoms with Gasteiger partial charge in [-0.3, -0.25) is 19.3 Å². The topological polar surface area (TPSA) is 130 Å². The molecule has 5 heterocycles. The molecule has 0 bridgehead atoms. The fourth-order valence-corrected chi connectivity index (χ4v) is 8.51. The number of likely N-dealkylation sites (N-methyl/N-ethyl adjacent to an activating group) is 1. The largest absolute Gasteiger partial charge is 0.344 e. The highest BCUT2D eigenvalue weighted by Crippen LogP contribution is 2.37. The number of aromatic nitrogens is 4. The summed E-state index contributed by atoms with van der Waals surface area (Å²) in [6.07, 6.45) is 8.27. The Hall–Kier alpha value is -5.55. The molecule has 3 aliphatic heterocycles. The van der Waals surface area contributed by atoms with Crippen molar-refractivity contribution in [3.05, 3.63) is 108 Å². The number of carbonyl (C=O) groups is 3. The average molecular weight is 725 g/mol. The Labute approximate surface area is 316 Å². The average Bonchev–Trinajstić information content (AvgIpc) is 4.07. The quantitative estimate of drug-likeness (QED) is 0.137. The van der Waals surface area contributed by atoms with E-state index in [1.807, 2.05) is 40.4 Å². The number of carbonyl (C=O) groups excluding carboxylic acids is 3. The molecule has 3 N–H and O–H groups in total. The molecule has 11 heteroatoms. The lowest BCUT2D eigenvalue weighted by atomic mass is 10.0. The van der Waals surface area contributed by atoms with Crippen LogP contribution in [0, 0.1) is 0 Å². The van der Waals surface area contributed by atoms with Gasteiger partial charge in [0.05, 0.1) is 35.9 Å². The molecule has 3 amide bonds. The van der Waals surface area contributed by atoms with E-state index in [2.05, 4.69) is 99.7 Å². The first kappa shape index (κ1) is 35.5. The molecular weight excluding hydrogens is 677 g/mol. The SMILES string of the molecule is CCN(CC)[C@@H](C(=O)N1CCC[C@H]1c1ncc(-c2ccc(-c3ccc(-c4cnc([C@@H]5CCCN5C(=O)[C@@H]5CCC(=O)N5)[nH]4)cc3)cc2)[nH]1)c1ccccc1. The van der Waals surface area contributed by atoms with Crippen LogP contribution in [0.5, 0.6) is 0 Å². The third-order valence-corrected chi connectivity index (χ3v) is 11.4. The molecule has 3 saturated heterocycles. The standard InChI is InChI=1S/C43H48N8O3/c1-3-49(4-2)39(32-10-6-5-7-11-32)43(54)51-25-9-13-37(51)41-45-27-35(48-41)31-20-16-29(17-21-31)28-14-18-30(19-15-28)34-26-44-40(47-34)36-12-8-24-50(36)42(53)33-22-23-38(52)46-33/h5-7,10-11,14-21,26-27,33,36-37,39H,3-4,8-9,12-13,22-25H2,1-2H3,(H,44,47)(H,45,48)(H,46,52)/t33-,36-,37-,39+/m0/s1. The predicted molar refractivity (Wildman–Crippen MR) is 208 cm³/mol. The fraction of sp³-hybridized carbons (Fsp3) is 0.372. The van der Waals surface area contributed by atoms with Gasteiger partial charge in [0.15, 0.2) is 0 Å². The molecule has 11 nitrogen and oxygen atoms in total. The maximum Gasteiger partial charge on any atom is 0.245 e. The number of benzene rings is 3. The molecule has 54 heavy (non-hydrogen) atoms. The highest BCUT2D eigenvalue weighted by Gasteiger charge is 2.39. The lowest BCUT2D eigenvalue weighted by Crippen LogP contribution is -2.44. The van der Waals surface area contributed by atoms with Crippen LogP contribution in [0.25, 0.3) is 33.6 Å². The van der Waals surface area contributed by atoms with E-state index in [1.54, 1.807) is 0 Å². The van der Waals surface area contributed by atoms with Crippen molar-refractivity contribution >= 4 is 17.7 Å². The molecule has 3 aliphatic rings. The normalized spacial score (nSPS) is 20.5. The van der Waals surface area contributed by atoms with E-state index in [-0.39, 0.29) is 35.8 Å². The molecule has 2 aromatic heterocycles. The van der Waals surface area contributed by atoms with Crippen molar-refractivity contribution in [2.45, 2.75) is 76.5 Å². The summed E-state index contributed by atoms with van der Waals surface area (Å²) in [4.78, 5) is 61.7. The van der Waals surface area contributed by atoms with Crippen LogP contribution in [-0.2, 0) is 14.4 Å². The van der Waals surface area contributed by atoms with Crippen molar-refractivity contribution in [2.24, 2.45) is 0 Å². The highest BCUT2D eigenvalue weighted by atomic mass is 16.2. The summed E-state index contributed by atoms with van der Waals surface area (Å²) >= 11 is 0. The number of nitrogens with one attached hydrogen (secondary N) is 3. The molecular formula is C43H48N8O3. The zero-order valence-corrected chi connectivity index (χ0v) is 31.0. The maximum absolute atomic E-state index is 14.2. The van der Waals surface area contributed by atoms with Crippen LogP contribution < -0.4 is 5.32 Å². The number of hydrogen-bond donors (Lipinski definition) is 3. The van der Waals surface area contributed by atoms with Gasteiger partial charge in [0, 0.05) is 19.5 Å². The predicted octanol–water partition coefficient (Wildman–Crippen LogP) is 6.82. The van der Waals surface area contributed by atoms with Gasteiger partial charge < -0.3 is 25.1 Å². The Balaban J connectivity index is 0.931. The van der Waals surface area contributed by atoms with Crippen molar-refractivity contribution in [2.75, 3.05) is 26.2 Å². The van der Waals surface area contributed by atoms with Crippen molar-refractivity contribution in [3.63, 3.8) is 0 Å². The lowest BCUT2D eigenvalue weighted by Gasteiger charge is -2.34. The zero-order valence-electron chi connectivity index (χ0n) is 31.0. The minimum atomic E-state index is -0.428. The Bertz CT molecular complexity index is 2090. The lowest BCUT2D eigenvalue weighted by molar-refractivity contribution is -0.138. The summed E-state index contributed by atoms with van der Waals surface area (Å²) in [5.41, 5.74) is 7.12. The Morgan fingerprint density at radius 2 is 1.24 bits per heavy atom. The molecule has 0 unspecified atom stereocenters. The second kappa shape index (κ2) is 15.4. The maximum atomic E-state index is 14.2. The summed E-state index contributed by atoms with van der Waals surface area (Å²) < 4.78 is 0. The summed E-state index contributed by atoms with van der Waals surface area (Å²) in [5, 5.41) is 2.81. The number of hydrogen-bond acceptors (Lipinski definition) is 6. The number of nitrogens with zero attached hydrogens (tertiary/aromatic N) is 5. The van der Waals surface area contributed by atoms with E-state index < -0.39 is 6.04 Å². The van der Waals surface area contributed by atoms with Crippen molar-refractivity contribution in [1.82, 2.24) is 40.0 Å². The van der Waals surface area contributed by atoms with E-state index in [0.29, 0.717) is 19.4 Å². The Morgan fingerprint density at radius 3 is 1.76 bits per heavy atom. The monoisotopic (exact) mass is 724 g/mol. The molecule has 3 aromatic carbocycles. The van der Waals surface area contributed by atoms with Crippen molar-refractivity contribution in [3.8, 4) is 33.6 Å². The molecule has 3 fully saturated rings. The van der Waals surface area contributed by atoms with Gasteiger partial charge in [0.1, 0.15) is 23.7 Å². The van der Waals surface area contributed by atoms with Gasteiger partial charge in [-0.2, -0.15) is 0 Å². The van der Waals surface area contributed by atoms with Gasteiger partial charge in [-0.05, 0) is 73.0 Å². The van der Waals surface area contributed by atoms with Gasteiger partial charge in [-0.1, -0.05) is 92.7 Å². The second-order valence-electron chi connectivity index (χ2n) is 14.6. The van der Waals surface area contributed by atoms with Gasteiger partial charge in [-0.25, -0.2) is 9.97 Å². The van der Waals surface area contributed by atoms with Crippen molar-refractivity contribution in [1.29, 1.82) is 0 Å². The van der Waals surface area contributed by atoms with E-state index in [4.69, 9.17) is 4.98 Å². The minimum Gasteiger partial charge on any atom is -0.344 e. The van der Waals surface area contributed by atoms with Gasteiger partial charge in [0.2, 0.25) is 17.7 Å². The molecule has 4 atom stereocenters. The van der Waals surface area contributed by atoms with E-state index in [1.165, 1.54) is 0 Å². The molecule has 0 radical (unpaired) electrons. The Morgan fingerprint density at radius 1 is 0.722 bits per heavy atom. The second-order valence-corrected chi connectivity index (χ2v) is 14.6. The molecule has 0 aliphatic carbocycles. The first-order chi connectivity index (χ1) is 26.4. The fourth-order valence-electron chi connectivity index (χ4n) is 8.51. The molecule has 0 spiro atoms. The minimum absolute atomic E-state index is 0.0137. The summed E-state index contributed by atoms with van der Waals surface area (Å²) in [6, 6.07) is 26.0. The smallest absolute Gasteiger partial charge is 0.245 e. The van der Waals surface area contributed by atoms with Gasteiger partial charge in [0.25, 0.3) is 0 Å². The molecule has 278 valence electrons. The van der Waals surface area contributed by atoms with E-state index in [9.17, 15) is 14.4 Å². The first-order valence-corrected chi connectivity index (χ1v) is 19.4. The number of amides is 3. The van der Waals surface area contributed by atoms with Crippen LogP contribution in [0.15, 0.2) is 91.3 Å². The summed E-state index contributed by atoms with van der Waals surface area (Å²) in [7, 11) is 0. The van der Waals surface area contributed by atoms with Crippen LogP contribution in [0.2, 0.25) is 0 Å². The number of rotatable bonds is 11. The van der Waals surface area contributed by atoms with Crippen LogP contribution in [0.3, 0.4) is 0 Å². The third kappa shape index (κ3) is 6.96. The van der Waals surface area contributed by atoms with Gasteiger partial charge >= 0.3 is 0 Å². The number of aromatic amines is 2. The summed E-state index contributed by atoms with van der Waals surface area (Å²) in [5.74, 6) is 1.68. The molecule has 0 saturated carbocycles. The number of H-pyrrole nitrogens is 2. The zero-order chi connectivity index (χ0) is 37.2. The summed E-state index contributed by atoms with van der Waals surface area (Å²) in [6.45, 7) is 7.22. The van der Waals surface area contributed by atoms with E-state index >= 15 is 0 Å². The first-order valence-electron chi connectivity index (χ1n) is 19.4. The Kier molecular flexibility index (Phi) is 10.1. The third-order valence-electron chi connectivity index (χ3n) is 11.4. The number of imidazole rings is 2. The van der Waals surface area contributed by atoms with E-state index in [0.717, 1.165) is 96.2 Å². The van der Waals surface area contributed by atoms with Crippen LogP contribution in [-0.4, -0.2) is 84.6 Å². The van der Waals surface area contributed by atoms with Crippen molar-refractivity contribution < 1.29 is 14.4 Å². The highest BCUT2D eigenvalue weighted by molar-refractivity contribution is 5.91. The molecule has 5 aromatic rings. The van der Waals surface area contributed by atoms with Crippen LogP contribution in [0.1, 0.15) is 87.7 Å². The number of likely N-dealkylation sites (tertiary alicyclic amines) is 2. The molecule has 8 rings (SSSR count). The van der Waals surface area contributed by atoms with Crippen LogP contribution >= 0.6 is 0 Å². The van der Waals surface area contributed by atoms with Crippen LogP contribution in [0.4, 0.5) is 0 Å². The van der Waals surface area contributed by atoms with Gasteiger partial charge in [-0.15, -0.1) is 0 Å².